The summed E-state index contributed by atoms with van der Waals surface area (Å²) in [5.74, 6) is 1.73. The summed E-state index contributed by atoms with van der Waals surface area (Å²) >= 11 is 0. The predicted molar refractivity (Wildman–Crippen MR) is 97.3 cm³/mol. The molecule has 0 unspecified atom stereocenters. The number of benzene rings is 1. The van der Waals surface area contributed by atoms with E-state index in [0.29, 0.717) is 25.9 Å². The molecule has 0 atom stereocenters. The first-order valence-corrected chi connectivity index (χ1v) is 8.52. The summed E-state index contributed by atoms with van der Waals surface area (Å²) in [6, 6.07) is 9.93. The van der Waals surface area contributed by atoms with Gasteiger partial charge in [-0.2, -0.15) is 0 Å². The van der Waals surface area contributed by atoms with Crippen LogP contribution in [0.4, 0.5) is 0 Å². The topological polar surface area (TPSA) is 72.7 Å². The molecule has 0 saturated heterocycles. The Morgan fingerprint density at radius 2 is 1.80 bits per heavy atom. The molecule has 1 aromatic carbocycles. The molecule has 1 amide bonds. The van der Waals surface area contributed by atoms with E-state index < -0.39 is 0 Å². The van der Waals surface area contributed by atoms with Gasteiger partial charge in [-0.05, 0) is 39.0 Å². The van der Waals surface area contributed by atoms with Crippen LogP contribution in [0.3, 0.4) is 0 Å². The predicted octanol–water partition coefficient (Wildman–Crippen LogP) is 2.50. The fourth-order valence-electron chi connectivity index (χ4n) is 3.00. The van der Waals surface area contributed by atoms with Crippen LogP contribution in [0.1, 0.15) is 29.5 Å². The van der Waals surface area contributed by atoms with Crippen molar-refractivity contribution in [2.75, 3.05) is 6.54 Å². The lowest BCUT2D eigenvalue weighted by atomic mass is 10.3. The van der Waals surface area contributed by atoms with Crippen molar-refractivity contribution in [3.05, 3.63) is 53.4 Å². The number of aryl methyl sites for hydroxylation is 4. The largest absolute Gasteiger partial charge is 0.356 e. The molecule has 2 aromatic heterocycles. The van der Waals surface area contributed by atoms with Gasteiger partial charge >= 0.3 is 0 Å². The first-order valence-electron chi connectivity index (χ1n) is 8.52. The van der Waals surface area contributed by atoms with Crippen LogP contribution in [-0.2, 0) is 17.8 Å². The van der Waals surface area contributed by atoms with Gasteiger partial charge in [0.25, 0.3) is 0 Å². The van der Waals surface area contributed by atoms with Crippen LogP contribution in [0.5, 0.6) is 0 Å². The molecule has 0 aliphatic rings. The van der Waals surface area contributed by atoms with E-state index in [0.717, 1.165) is 34.1 Å². The Morgan fingerprint density at radius 1 is 1.08 bits per heavy atom. The van der Waals surface area contributed by atoms with Crippen LogP contribution >= 0.6 is 0 Å². The van der Waals surface area contributed by atoms with E-state index in [-0.39, 0.29) is 5.91 Å². The second-order valence-corrected chi connectivity index (χ2v) is 6.22. The van der Waals surface area contributed by atoms with Crippen molar-refractivity contribution in [1.29, 1.82) is 0 Å². The van der Waals surface area contributed by atoms with Gasteiger partial charge in [-0.3, -0.25) is 4.79 Å². The molecule has 3 rings (SSSR count). The van der Waals surface area contributed by atoms with E-state index in [1.165, 1.54) is 0 Å². The molecule has 0 saturated carbocycles. The summed E-state index contributed by atoms with van der Waals surface area (Å²) in [6.45, 7) is 7.04. The molecule has 0 fully saturated rings. The summed E-state index contributed by atoms with van der Waals surface area (Å²) in [4.78, 5) is 25.4. The molecule has 6 heteroatoms. The average molecular weight is 337 g/mol. The first-order chi connectivity index (χ1) is 12.0. The highest BCUT2D eigenvalue weighted by Crippen LogP contribution is 2.15. The van der Waals surface area contributed by atoms with Gasteiger partial charge < -0.3 is 9.88 Å². The van der Waals surface area contributed by atoms with Crippen molar-refractivity contribution in [2.45, 2.75) is 40.2 Å². The van der Waals surface area contributed by atoms with Crippen molar-refractivity contribution < 1.29 is 4.79 Å². The number of fused-ring (bicyclic) bond motifs is 1. The Bertz CT molecular complexity index is 880. The molecule has 0 aliphatic heterocycles. The summed E-state index contributed by atoms with van der Waals surface area (Å²) in [5.41, 5.74) is 3.94. The zero-order valence-electron chi connectivity index (χ0n) is 14.9. The number of imidazole rings is 1. The normalized spacial score (nSPS) is 11.0. The minimum Gasteiger partial charge on any atom is -0.356 e. The molecule has 130 valence electrons. The van der Waals surface area contributed by atoms with Gasteiger partial charge in [0.2, 0.25) is 5.91 Å². The van der Waals surface area contributed by atoms with Gasteiger partial charge in [-0.25, -0.2) is 15.0 Å². The fourth-order valence-corrected chi connectivity index (χ4v) is 3.00. The highest BCUT2D eigenvalue weighted by atomic mass is 16.1. The number of nitrogens with one attached hydrogen (secondary N) is 1. The van der Waals surface area contributed by atoms with Crippen LogP contribution < -0.4 is 5.32 Å². The minimum absolute atomic E-state index is 0.0292. The van der Waals surface area contributed by atoms with E-state index in [1.54, 1.807) is 0 Å². The Kier molecular flexibility index (Phi) is 5.07. The van der Waals surface area contributed by atoms with Gasteiger partial charge in [0.1, 0.15) is 11.6 Å². The second kappa shape index (κ2) is 7.42. The van der Waals surface area contributed by atoms with E-state index in [1.807, 2.05) is 51.1 Å². The third-order valence-electron chi connectivity index (χ3n) is 4.11. The molecule has 0 radical (unpaired) electrons. The number of carbonyl (C=O) groups excluding carboxylic acids is 1. The lowest BCUT2D eigenvalue weighted by Gasteiger charge is -2.08. The molecule has 1 N–H and O–H groups in total. The zero-order valence-corrected chi connectivity index (χ0v) is 14.9. The summed E-state index contributed by atoms with van der Waals surface area (Å²) in [6.07, 6.45) is 1.07. The third-order valence-corrected chi connectivity index (χ3v) is 4.11. The van der Waals surface area contributed by atoms with Crippen LogP contribution in [0.2, 0.25) is 0 Å². The molecular weight excluding hydrogens is 314 g/mol. The maximum Gasteiger partial charge on any atom is 0.221 e. The number of amides is 1. The number of hydrogen-bond acceptors (Lipinski definition) is 4. The van der Waals surface area contributed by atoms with Crippen molar-refractivity contribution in [2.24, 2.45) is 0 Å². The van der Waals surface area contributed by atoms with Gasteiger partial charge in [0.15, 0.2) is 0 Å². The maximum absolute atomic E-state index is 12.1. The SMILES string of the molecule is Cc1cc(C)nc(CCNC(=O)CCn2c(C)nc3ccccc32)n1. The van der Waals surface area contributed by atoms with Gasteiger partial charge in [-0.1, -0.05) is 12.1 Å². The Balaban J connectivity index is 1.52. The smallest absolute Gasteiger partial charge is 0.221 e. The van der Waals surface area contributed by atoms with Crippen molar-refractivity contribution in [1.82, 2.24) is 24.8 Å². The number of para-hydroxylation sites is 2. The Hall–Kier alpha value is -2.76. The van der Waals surface area contributed by atoms with Crippen LogP contribution in [0.25, 0.3) is 11.0 Å². The molecular formula is C19H23N5O. The molecule has 0 spiro atoms. The second-order valence-electron chi connectivity index (χ2n) is 6.22. The summed E-state index contributed by atoms with van der Waals surface area (Å²) in [5, 5.41) is 2.95. The monoisotopic (exact) mass is 337 g/mol. The highest BCUT2D eigenvalue weighted by Gasteiger charge is 2.09. The number of nitrogens with zero attached hydrogens (tertiary/aromatic N) is 4. The number of aromatic nitrogens is 4. The van der Waals surface area contributed by atoms with Crippen LogP contribution in [-0.4, -0.2) is 32.0 Å². The van der Waals surface area contributed by atoms with Crippen molar-refractivity contribution >= 4 is 16.9 Å². The van der Waals surface area contributed by atoms with Gasteiger partial charge in [0, 0.05) is 37.3 Å². The molecule has 0 aliphatic carbocycles. The van der Waals surface area contributed by atoms with E-state index in [4.69, 9.17) is 0 Å². The molecule has 2 heterocycles. The van der Waals surface area contributed by atoms with E-state index in [9.17, 15) is 4.79 Å². The van der Waals surface area contributed by atoms with Crippen molar-refractivity contribution in [3.8, 4) is 0 Å². The quantitative estimate of drug-likeness (QED) is 0.750. The van der Waals surface area contributed by atoms with Crippen molar-refractivity contribution in [3.63, 3.8) is 0 Å². The molecule has 3 aromatic rings. The molecule has 0 bridgehead atoms. The lowest BCUT2D eigenvalue weighted by molar-refractivity contribution is -0.121. The minimum atomic E-state index is 0.0292. The summed E-state index contributed by atoms with van der Waals surface area (Å²) < 4.78 is 2.09. The molecule has 6 nitrogen and oxygen atoms in total. The average Bonchev–Trinajstić information content (AvgIpc) is 2.87. The van der Waals surface area contributed by atoms with Crippen LogP contribution in [0, 0.1) is 20.8 Å². The van der Waals surface area contributed by atoms with E-state index in [2.05, 4.69) is 24.8 Å². The van der Waals surface area contributed by atoms with Crippen LogP contribution in [0.15, 0.2) is 30.3 Å². The first kappa shape index (κ1) is 17.1. The number of carbonyl (C=O) groups is 1. The highest BCUT2D eigenvalue weighted by molar-refractivity contribution is 5.77. The molecule has 25 heavy (non-hydrogen) atoms. The summed E-state index contributed by atoms with van der Waals surface area (Å²) in [7, 11) is 0. The fraction of sp³-hybridized carbons (Fsp3) is 0.368. The van der Waals surface area contributed by atoms with Gasteiger partial charge in [0.05, 0.1) is 11.0 Å². The number of rotatable bonds is 6. The maximum atomic E-state index is 12.1. The standard InChI is InChI=1S/C19H23N5O/c1-13-12-14(2)22-18(21-13)8-10-20-19(25)9-11-24-15(3)23-16-6-4-5-7-17(16)24/h4-7,12H,8-11H2,1-3H3,(H,20,25). The number of hydrogen-bond donors (Lipinski definition) is 1. The zero-order chi connectivity index (χ0) is 17.8. The van der Waals surface area contributed by atoms with E-state index >= 15 is 0 Å². The third kappa shape index (κ3) is 4.21. The Labute approximate surface area is 147 Å². The Morgan fingerprint density at radius 3 is 2.56 bits per heavy atom. The lowest BCUT2D eigenvalue weighted by Crippen LogP contribution is -2.27. The van der Waals surface area contributed by atoms with Gasteiger partial charge in [-0.15, -0.1) is 0 Å².